The van der Waals surface area contributed by atoms with Gasteiger partial charge in [0, 0.05) is 11.8 Å². The highest BCUT2D eigenvalue weighted by molar-refractivity contribution is 6.29. The zero-order valence-corrected chi connectivity index (χ0v) is 7.97. The molecular weight excluding hydrogens is 209 g/mol. The monoisotopic (exact) mass is 213 g/mol. The summed E-state index contributed by atoms with van der Waals surface area (Å²) < 4.78 is 0. The largest absolute Gasteiger partial charge is 0.329 e. The lowest BCUT2D eigenvalue weighted by molar-refractivity contribution is 1.26. The summed E-state index contributed by atoms with van der Waals surface area (Å²) in [7, 11) is 0. The predicted molar refractivity (Wildman–Crippen MR) is 51.8 cm³/mol. The molecule has 0 fully saturated rings. The van der Waals surface area contributed by atoms with Crippen molar-refractivity contribution in [1.82, 2.24) is 15.0 Å². The van der Waals surface area contributed by atoms with E-state index in [4.69, 9.17) is 23.2 Å². The van der Waals surface area contributed by atoms with Crippen LogP contribution < -0.4 is 0 Å². The maximum Gasteiger partial charge on any atom is 0.139 e. The van der Waals surface area contributed by atoms with Crippen LogP contribution in [0.15, 0.2) is 24.5 Å². The Morgan fingerprint density at radius 2 is 1.92 bits per heavy atom. The lowest BCUT2D eigenvalue weighted by Gasteiger charge is -1.94. The topological polar surface area (TPSA) is 41.6 Å². The molecule has 0 aliphatic rings. The second-order valence-corrected chi connectivity index (χ2v) is 3.24. The number of pyridine rings is 1. The van der Waals surface area contributed by atoms with Gasteiger partial charge in [0.1, 0.15) is 16.1 Å². The van der Waals surface area contributed by atoms with Crippen LogP contribution in [0.3, 0.4) is 0 Å². The van der Waals surface area contributed by atoms with E-state index >= 15 is 0 Å². The fraction of sp³-hybridized carbons (Fsp3) is 0. The van der Waals surface area contributed by atoms with E-state index in [1.54, 1.807) is 18.5 Å². The molecule has 1 N–H and O–H groups in total. The Kier molecular flexibility index (Phi) is 2.20. The van der Waals surface area contributed by atoms with Gasteiger partial charge in [-0.25, -0.2) is 9.97 Å². The van der Waals surface area contributed by atoms with E-state index < -0.39 is 0 Å². The Morgan fingerprint density at radius 3 is 2.46 bits per heavy atom. The number of aromatic nitrogens is 3. The third-order valence-electron chi connectivity index (χ3n) is 1.55. The highest BCUT2D eigenvalue weighted by Crippen LogP contribution is 2.17. The highest BCUT2D eigenvalue weighted by Gasteiger charge is 2.01. The third kappa shape index (κ3) is 1.82. The number of hydrogen-bond donors (Lipinski definition) is 1. The second-order valence-electron chi connectivity index (χ2n) is 2.45. The molecule has 0 saturated heterocycles. The summed E-state index contributed by atoms with van der Waals surface area (Å²) in [5.74, 6) is 0.689. The number of halogens is 2. The molecule has 13 heavy (non-hydrogen) atoms. The molecule has 0 bridgehead atoms. The number of aromatic amines is 1. The van der Waals surface area contributed by atoms with Gasteiger partial charge in [-0.05, 0) is 12.1 Å². The van der Waals surface area contributed by atoms with E-state index in [0.29, 0.717) is 16.1 Å². The van der Waals surface area contributed by atoms with Crippen molar-refractivity contribution in [2.45, 2.75) is 0 Å². The SMILES string of the molecule is Clc1ccc(-c2ncc(Cl)[nH]2)cn1. The van der Waals surface area contributed by atoms with Gasteiger partial charge in [0.05, 0.1) is 6.20 Å². The molecule has 0 atom stereocenters. The van der Waals surface area contributed by atoms with E-state index in [0.717, 1.165) is 5.56 Å². The lowest BCUT2D eigenvalue weighted by atomic mass is 10.3. The summed E-state index contributed by atoms with van der Waals surface area (Å²) in [4.78, 5) is 10.9. The number of H-pyrrole nitrogens is 1. The number of nitrogens with one attached hydrogen (secondary N) is 1. The van der Waals surface area contributed by atoms with Crippen LogP contribution >= 0.6 is 23.2 Å². The maximum atomic E-state index is 5.68. The summed E-state index contributed by atoms with van der Waals surface area (Å²) in [6, 6.07) is 3.53. The van der Waals surface area contributed by atoms with Gasteiger partial charge in [-0.2, -0.15) is 0 Å². The molecule has 0 amide bonds. The normalized spacial score (nSPS) is 10.3. The number of nitrogens with zero attached hydrogens (tertiary/aromatic N) is 2. The zero-order valence-electron chi connectivity index (χ0n) is 6.46. The van der Waals surface area contributed by atoms with Crippen molar-refractivity contribution in [2.75, 3.05) is 0 Å². The van der Waals surface area contributed by atoms with Crippen LogP contribution in [-0.2, 0) is 0 Å². The summed E-state index contributed by atoms with van der Waals surface area (Å²) in [5, 5.41) is 0.964. The molecule has 2 aromatic heterocycles. The van der Waals surface area contributed by atoms with Crippen LogP contribution in [0.25, 0.3) is 11.4 Å². The van der Waals surface area contributed by atoms with Crippen molar-refractivity contribution in [1.29, 1.82) is 0 Å². The van der Waals surface area contributed by atoms with Crippen molar-refractivity contribution in [2.24, 2.45) is 0 Å². The Bertz CT molecular complexity index is 408. The quantitative estimate of drug-likeness (QED) is 0.741. The molecule has 5 heteroatoms. The van der Waals surface area contributed by atoms with Crippen molar-refractivity contribution in [3.63, 3.8) is 0 Å². The van der Waals surface area contributed by atoms with E-state index in [-0.39, 0.29) is 0 Å². The van der Waals surface area contributed by atoms with E-state index in [9.17, 15) is 0 Å². The van der Waals surface area contributed by atoms with Crippen LogP contribution in [0, 0.1) is 0 Å². The van der Waals surface area contributed by atoms with Crippen molar-refractivity contribution >= 4 is 23.2 Å². The van der Waals surface area contributed by atoms with Gasteiger partial charge in [0.2, 0.25) is 0 Å². The number of hydrogen-bond acceptors (Lipinski definition) is 2. The van der Waals surface area contributed by atoms with Gasteiger partial charge >= 0.3 is 0 Å². The van der Waals surface area contributed by atoms with Crippen LogP contribution in [0.1, 0.15) is 0 Å². The van der Waals surface area contributed by atoms with Crippen LogP contribution in [0.2, 0.25) is 10.3 Å². The molecule has 0 unspecified atom stereocenters. The average molecular weight is 214 g/mol. The Labute approximate surface area is 84.7 Å². The fourth-order valence-corrected chi connectivity index (χ4v) is 1.21. The molecule has 0 spiro atoms. The number of rotatable bonds is 1. The van der Waals surface area contributed by atoms with Gasteiger partial charge in [-0.3, -0.25) is 0 Å². The smallest absolute Gasteiger partial charge is 0.139 e. The Balaban J connectivity index is 2.41. The summed E-state index contributed by atoms with van der Waals surface area (Å²) in [5.41, 5.74) is 0.858. The van der Waals surface area contributed by atoms with E-state index in [1.165, 1.54) is 0 Å². The molecule has 2 aromatic rings. The minimum Gasteiger partial charge on any atom is -0.329 e. The van der Waals surface area contributed by atoms with E-state index in [2.05, 4.69) is 15.0 Å². The van der Waals surface area contributed by atoms with Crippen LogP contribution in [-0.4, -0.2) is 15.0 Å². The lowest BCUT2D eigenvalue weighted by Crippen LogP contribution is -1.81. The minimum absolute atomic E-state index is 0.460. The first-order valence-electron chi connectivity index (χ1n) is 3.58. The van der Waals surface area contributed by atoms with Gasteiger partial charge in [-0.15, -0.1) is 0 Å². The Morgan fingerprint density at radius 1 is 1.08 bits per heavy atom. The average Bonchev–Trinajstić information content (AvgIpc) is 2.53. The summed E-state index contributed by atoms with van der Waals surface area (Å²) in [6.45, 7) is 0. The molecule has 0 aliphatic heterocycles. The van der Waals surface area contributed by atoms with Gasteiger partial charge in [-0.1, -0.05) is 23.2 Å². The minimum atomic E-state index is 0.460. The molecular formula is C8H5Cl2N3. The van der Waals surface area contributed by atoms with Crippen molar-refractivity contribution in [3.8, 4) is 11.4 Å². The predicted octanol–water partition coefficient (Wildman–Crippen LogP) is 2.78. The molecule has 3 nitrogen and oxygen atoms in total. The molecule has 0 radical (unpaired) electrons. The molecule has 0 aliphatic carbocycles. The van der Waals surface area contributed by atoms with Crippen molar-refractivity contribution in [3.05, 3.63) is 34.8 Å². The van der Waals surface area contributed by atoms with Crippen LogP contribution in [0.5, 0.6) is 0 Å². The second kappa shape index (κ2) is 3.36. The van der Waals surface area contributed by atoms with Gasteiger partial charge in [0.15, 0.2) is 0 Å². The summed E-state index contributed by atoms with van der Waals surface area (Å²) >= 11 is 11.3. The zero-order chi connectivity index (χ0) is 9.26. The highest BCUT2D eigenvalue weighted by atomic mass is 35.5. The van der Waals surface area contributed by atoms with Gasteiger partial charge in [0.25, 0.3) is 0 Å². The number of imidazole rings is 1. The first-order valence-corrected chi connectivity index (χ1v) is 4.34. The molecule has 0 aromatic carbocycles. The molecule has 0 saturated carbocycles. The first kappa shape index (κ1) is 8.53. The fourth-order valence-electron chi connectivity index (χ4n) is 0.961. The van der Waals surface area contributed by atoms with Crippen LogP contribution in [0.4, 0.5) is 0 Å². The maximum absolute atomic E-state index is 5.68. The standard InChI is InChI=1S/C8H5Cl2N3/c9-6-2-1-5(3-11-6)8-12-4-7(10)13-8/h1-4H,(H,12,13). The summed E-state index contributed by atoms with van der Waals surface area (Å²) in [6.07, 6.45) is 3.18. The molecule has 2 rings (SSSR count). The molecule has 66 valence electrons. The van der Waals surface area contributed by atoms with Crippen molar-refractivity contribution < 1.29 is 0 Å². The first-order chi connectivity index (χ1) is 6.25. The van der Waals surface area contributed by atoms with E-state index in [1.807, 2.05) is 6.07 Å². The molecule has 2 heterocycles. The third-order valence-corrected chi connectivity index (χ3v) is 1.96. The van der Waals surface area contributed by atoms with Gasteiger partial charge < -0.3 is 4.98 Å². The Hall–Kier alpha value is -1.06.